The lowest BCUT2D eigenvalue weighted by Crippen LogP contribution is -2.11. The van der Waals surface area contributed by atoms with Crippen molar-refractivity contribution in [2.45, 2.75) is 0 Å². The average Bonchev–Trinajstić information content (AvgIpc) is 3.77. The minimum Gasteiger partial charge on any atom is -0.456 e. The van der Waals surface area contributed by atoms with Gasteiger partial charge in [-0.1, -0.05) is 206 Å². The summed E-state index contributed by atoms with van der Waals surface area (Å²) >= 11 is 0. The summed E-state index contributed by atoms with van der Waals surface area (Å²) in [5.41, 5.74) is 19.0. The third-order valence-electron chi connectivity index (χ3n) is 12.9. The summed E-state index contributed by atoms with van der Waals surface area (Å²) in [4.78, 5) is 2.42. The minimum atomic E-state index is 0.890. The van der Waals surface area contributed by atoms with Gasteiger partial charge in [0, 0.05) is 27.7 Å². The van der Waals surface area contributed by atoms with Crippen molar-refractivity contribution in [2.75, 3.05) is 4.90 Å². The Morgan fingerprint density at radius 2 is 0.788 bits per heavy atom. The number of anilines is 3. The summed E-state index contributed by atoms with van der Waals surface area (Å²) in [6.07, 6.45) is 0. The van der Waals surface area contributed by atoms with Crippen LogP contribution < -0.4 is 4.90 Å². The number of para-hydroxylation sites is 2. The molecule has 0 spiro atoms. The molecular weight excluding hydrogens is 799 g/mol. The number of nitrogens with zero attached hydrogens (tertiary/aromatic N) is 1. The Morgan fingerprint density at radius 3 is 1.62 bits per heavy atom. The molecule has 12 aromatic rings. The van der Waals surface area contributed by atoms with Crippen molar-refractivity contribution in [3.05, 3.63) is 261 Å². The van der Waals surface area contributed by atoms with Crippen LogP contribution in [0.3, 0.4) is 0 Å². The Bertz CT molecular complexity index is 3690. The Kier molecular flexibility index (Phi) is 9.89. The molecule has 0 saturated carbocycles. The van der Waals surface area contributed by atoms with E-state index in [0.717, 1.165) is 66.8 Å². The second-order valence-corrected chi connectivity index (χ2v) is 16.8. The van der Waals surface area contributed by atoms with E-state index in [4.69, 9.17) is 4.42 Å². The first-order valence-electron chi connectivity index (χ1n) is 22.6. The number of rotatable bonds is 9. The molecule has 0 aliphatic rings. The van der Waals surface area contributed by atoms with E-state index in [1.807, 2.05) is 12.1 Å². The van der Waals surface area contributed by atoms with Crippen LogP contribution >= 0.6 is 0 Å². The SMILES string of the molecule is c1ccc(-c2ccc(-c3ccccc3N(c3ccc(-c4ccc5c(c4)oc4ccccc45)cc3)c3cccc(-c4cccc5ccccc45)c3)c(-c3ccccc3-c3ccccc3)c2)cc1. The van der Waals surface area contributed by atoms with E-state index in [0.29, 0.717) is 0 Å². The Labute approximate surface area is 384 Å². The molecule has 1 heterocycles. The summed E-state index contributed by atoms with van der Waals surface area (Å²) in [6.45, 7) is 0. The van der Waals surface area contributed by atoms with Gasteiger partial charge in [-0.15, -0.1) is 0 Å². The monoisotopic (exact) mass is 841 g/mol. The van der Waals surface area contributed by atoms with Crippen molar-refractivity contribution in [3.8, 4) is 66.8 Å². The Balaban J connectivity index is 1.05. The van der Waals surface area contributed by atoms with Crippen LogP contribution in [0.4, 0.5) is 17.1 Å². The average molecular weight is 842 g/mol. The molecular formula is C64H43NO. The molecule has 0 fully saturated rings. The van der Waals surface area contributed by atoms with E-state index in [2.05, 4.69) is 254 Å². The van der Waals surface area contributed by atoms with Crippen LogP contribution in [0.1, 0.15) is 0 Å². The van der Waals surface area contributed by atoms with Gasteiger partial charge in [-0.05, 0) is 127 Å². The van der Waals surface area contributed by atoms with Crippen molar-refractivity contribution >= 4 is 49.8 Å². The number of hydrogen-bond donors (Lipinski definition) is 0. The fourth-order valence-corrected chi connectivity index (χ4v) is 9.72. The highest BCUT2D eigenvalue weighted by Gasteiger charge is 2.22. The lowest BCUT2D eigenvalue weighted by atomic mass is 9.86. The van der Waals surface area contributed by atoms with Gasteiger partial charge in [0.15, 0.2) is 0 Å². The lowest BCUT2D eigenvalue weighted by Gasteiger charge is -2.29. The molecule has 0 aliphatic heterocycles. The van der Waals surface area contributed by atoms with Crippen LogP contribution in [0.2, 0.25) is 0 Å². The molecule has 0 amide bonds. The maximum absolute atomic E-state index is 6.32. The van der Waals surface area contributed by atoms with E-state index in [-0.39, 0.29) is 0 Å². The molecule has 11 aromatic carbocycles. The zero-order chi connectivity index (χ0) is 43.8. The molecule has 0 radical (unpaired) electrons. The standard InChI is InChI=1S/C64H43NO/c1-3-17-44(18-4-1)48-35-39-57(61(42-48)56-27-10-9-26-54(56)46-19-5-2-6-20-46)58-28-11-13-31-62(58)65(52-24-15-23-50(41-52)55-30-16-22-47-21-7-8-25-53(47)55)51-37-33-45(34-38-51)49-36-40-60-59-29-12-14-32-63(59)66-64(60)43-49/h1-43H. The largest absolute Gasteiger partial charge is 0.456 e. The van der Waals surface area contributed by atoms with Crippen LogP contribution in [0.5, 0.6) is 0 Å². The molecule has 0 bridgehead atoms. The highest BCUT2D eigenvalue weighted by molar-refractivity contribution is 6.06. The van der Waals surface area contributed by atoms with Gasteiger partial charge in [0.1, 0.15) is 11.2 Å². The number of benzene rings is 11. The van der Waals surface area contributed by atoms with E-state index < -0.39 is 0 Å². The summed E-state index contributed by atoms with van der Waals surface area (Å²) in [5, 5.41) is 4.72. The van der Waals surface area contributed by atoms with Gasteiger partial charge < -0.3 is 9.32 Å². The molecule has 0 saturated heterocycles. The van der Waals surface area contributed by atoms with Crippen LogP contribution in [0, 0.1) is 0 Å². The van der Waals surface area contributed by atoms with Gasteiger partial charge in [-0.2, -0.15) is 0 Å². The molecule has 2 nitrogen and oxygen atoms in total. The maximum Gasteiger partial charge on any atom is 0.136 e. The zero-order valence-electron chi connectivity index (χ0n) is 36.2. The first-order valence-corrected chi connectivity index (χ1v) is 22.6. The van der Waals surface area contributed by atoms with E-state index in [9.17, 15) is 0 Å². The lowest BCUT2D eigenvalue weighted by molar-refractivity contribution is 0.669. The molecule has 2 heteroatoms. The smallest absolute Gasteiger partial charge is 0.136 e. The number of furan rings is 1. The van der Waals surface area contributed by atoms with Crippen molar-refractivity contribution in [1.82, 2.24) is 0 Å². The molecule has 1 aromatic heterocycles. The normalized spacial score (nSPS) is 11.3. The molecule has 0 atom stereocenters. The highest BCUT2D eigenvalue weighted by Crippen LogP contribution is 2.47. The molecule has 12 rings (SSSR count). The van der Waals surface area contributed by atoms with Crippen molar-refractivity contribution in [3.63, 3.8) is 0 Å². The first-order chi connectivity index (χ1) is 32.7. The van der Waals surface area contributed by atoms with Gasteiger partial charge in [0.25, 0.3) is 0 Å². The zero-order valence-corrected chi connectivity index (χ0v) is 36.2. The van der Waals surface area contributed by atoms with Gasteiger partial charge >= 0.3 is 0 Å². The molecule has 66 heavy (non-hydrogen) atoms. The fraction of sp³-hybridized carbons (Fsp3) is 0. The molecule has 0 unspecified atom stereocenters. The van der Waals surface area contributed by atoms with Crippen LogP contribution in [-0.4, -0.2) is 0 Å². The second-order valence-electron chi connectivity index (χ2n) is 16.8. The van der Waals surface area contributed by atoms with Gasteiger partial charge in [-0.25, -0.2) is 0 Å². The van der Waals surface area contributed by atoms with Crippen LogP contribution in [0.25, 0.3) is 99.5 Å². The quantitative estimate of drug-likeness (QED) is 0.144. The van der Waals surface area contributed by atoms with E-state index >= 15 is 0 Å². The number of fused-ring (bicyclic) bond motifs is 4. The van der Waals surface area contributed by atoms with Crippen molar-refractivity contribution in [1.29, 1.82) is 0 Å². The summed E-state index contributed by atoms with van der Waals surface area (Å²) in [7, 11) is 0. The Hall–Kier alpha value is -8.72. The maximum atomic E-state index is 6.32. The van der Waals surface area contributed by atoms with E-state index in [1.54, 1.807) is 0 Å². The third kappa shape index (κ3) is 7.12. The third-order valence-corrected chi connectivity index (χ3v) is 12.9. The van der Waals surface area contributed by atoms with Gasteiger partial charge in [-0.3, -0.25) is 0 Å². The second kappa shape index (κ2) is 16.8. The minimum absolute atomic E-state index is 0.890. The van der Waals surface area contributed by atoms with Gasteiger partial charge in [0.05, 0.1) is 5.69 Å². The van der Waals surface area contributed by atoms with Crippen LogP contribution in [0.15, 0.2) is 265 Å². The van der Waals surface area contributed by atoms with Crippen LogP contribution in [-0.2, 0) is 0 Å². The topological polar surface area (TPSA) is 16.4 Å². The summed E-state index contributed by atoms with van der Waals surface area (Å²) < 4.78 is 6.32. The molecule has 310 valence electrons. The van der Waals surface area contributed by atoms with E-state index in [1.165, 1.54) is 49.7 Å². The molecule has 0 aliphatic carbocycles. The first kappa shape index (κ1) is 38.9. The number of hydrogen-bond acceptors (Lipinski definition) is 2. The van der Waals surface area contributed by atoms with Crippen molar-refractivity contribution < 1.29 is 4.42 Å². The highest BCUT2D eigenvalue weighted by atomic mass is 16.3. The van der Waals surface area contributed by atoms with Crippen molar-refractivity contribution in [2.24, 2.45) is 0 Å². The Morgan fingerprint density at radius 1 is 0.242 bits per heavy atom. The fourth-order valence-electron chi connectivity index (χ4n) is 9.72. The predicted molar refractivity (Wildman–Crippen MR) is 279 cm³/mol. The van der Waals surface area contributed by atoms with Gasteiger partial charge in [0.2, 0.25) is 0 Å². The summed E-state index contributed by atoms with van der Waals surface area (Å²) in [5.74, 6) is 0. The molecule has 0 N–H and O–H groups in total. The summed E-state index contributed by atoms with van der Waals surface area (Å²) in [6, 6.07) is 94.1. The predicted octanol–water partition coefficient (Wildman–Crippen LogP) is 18.2.